The number of fused-ring (bicyclic) bond motifs is 1. The van der Waals surface area contributed by atoms with Crippen LogP contribution in [-0.2, 0) is 0 Å². The smallest absolute Gasteiger partial charge is 0.269 e. The first-order valence-corrected chi connectivity index (χ1v) is 7.87. The van der Waals surface area contributed by atoms with Gasteiger partial charge in [0, 0.05) is 23.1 Å². The van der Waals surface area contributed by atoms with Gasteiger partial charge in [-0.1, -0.05) is 24.3 Å². The van der Waals surface area contributed by atoms with Gasteiger partial charge in [0.1, 0.15) is 5.75 Å². The standard InChI is InChI=1S/C19H17N3O3/c1-2-25-19-12-7-14(17-5-3-4-6-18(17)19)13-20-21-15-8-10-16(11-9-15)22(23)24/h3-13,21H,2H2,1H3/b20-13+. The van der Waals surface area contributed by atoms with Gasteiger partial charge in [0.05, 0.1) is 23.4 Å². The molecule has 0 aliphatic carbocycles. The van der Waals surface area contributed by atoms with Crippen molar-refractivity contribution in [3.05, 3.63) is 76.3 Å². The maximum Gasteiger partial charge on any atom is 0.269 e. The van der Waals surface area contributed by atoms with Crippen LogP contribution in [0.15, 0.2) is 65.8 Å². The summed E-state index contributed by atoms with van der Waals surface area (Å²) < 4.78 is 5.66. The van der Waals surface area contributed by atoms with Gasteiger partial charge in [-0.25, -0.2) is 0 Å². The molecule has 0 fully saturated rings. The van der Waals surface area contributed by atoms with Crippen LogP contribution >= 0.6 is 0 Å². The molecule has 0 unspecified atom stereocenters. The van der Waals surface area contributed by atoms with Gasteiger partial charge < -0.3 is 4.74 Å². The summed E-state index contributed by atoms with van der Waals surface area (Å²) in [6.45, 7) is 2.57. The maximum absolute atomic E-state index is 10.7. The summed E-state index contributed by atoms with van der Waals surface area (Å²) in [4.78, 5) is 10.2. The molecule has 0 aliphatic heterocycles. The molecule has 3 rings (SSSR count). The van der Waals surface area contributed by atoms with Gasteiger partial charge in [-0.3, -0.25) is 15.5 Å². The molecule has 0 saturated heterocycles. The Balaban J connectivity index is 1.81. The lowest BCUT2D eigenvalue weighted by Gasteiger charge is -2.09. The molecule has 126 valence electrons. The molecule has 6 heteroatoms. The number of hydrazone groups is 1. The van der Waals surface area contributed by atoms with E-state index in [-0.39, 0.29) is 5.69 Å². The molecule has 6 nitrogen and oxygen atoms in total. The summed E-state index contributed by atoms with van der Waals surface area (Å²) >= 11 is 0. The zero-order valence-corrected chi connectivity index (χ0v) is 13.7. The molecule has 0 heterocycles. The summed E-state index contributed by atoms with van der Waals surface area (Å²) in [6.07, 6.45) is 1.72. The van der Waals surface area contributed by atoms with Crippen molar-refractivity contribution in [3.8, 4) is 5.75 Å². The van der Waals surface area contributed by atoms with Crippen molar-refractivity contribution in [1.82, 2.24) is 0 Å². The van der Waals surface area contributed by atoms with Crippen molar-refractivity contribution in [2.24, 2.45) is 5.10 Å². The van der Waals surface area contributed by atoms with E-state index in [1.54, 1.807) is 18.3 Å². The fraction of sp³-hybridized carbons (Fsp3) is 0.105. The molecule has 0 spiro atoms. The van der Waals surface area contributed by atoms with E-state index in [1.165, 1.54) is 12.1 Å². The van der Waals surface area contributed by atoms with Crippen molar-refractivity contribution in [1.29, 1.82) is 0 Å². The SMILES string of the molecule is CCOc1ccc(/C=N/Nc2ccc([N+](=O)[O-])cc2)c2ccccc12. The maximum atomic E-state index is 10.7. The number of rotatable bonds is 6. The van der Waals surface area contributed by atoms with E-state index in [0.717, 1.165) is 22.1 Å². The third-order valence-corrected chi connectivity index (χ3v) is 3.69. The third-order valence-electron chi connectivity index (χ3n) is 3.69. The van der Waals surface area contributed by atoms with Gasteiger partial charge >= 0.3 is 0 Å². The Morgan fingerprint density at radius 3 is 2.48 bits per heavy atom. The zero-order valence-electron chi connectivity index (χ0n) is 13.7. The van der Waals surface area contributed by atoms with E-state index in [4.69, 9.17) is 4.74 Å². The van der Waals surface area contributed by atoms with Crippen LogP contribution in [0, 0.1) is 10.1 Å². The van der Waals surface area contributed by atoms with Crippen LogP contribution in [0.2, 0.25) is 0 Å². The molecule has 1 N–H and O–H groups in total. The van der Waals surface area contributed by atoms with E-state index < -0.39 is 4.92 Å². The number of nitro groups is 1. The van der Waals surface area contributed by atoms with Crippen LogP contribution in [0.25, 0.3) is 10.8 Å². The van der Waals surface area contributed by atoms with Crippen LogP contribution in [0.3, 0.4) is 0 Å². The normalized spacial score (nSPS) is 10.9. The van der Waals surface area contributed by atoms with Gasteiger partial charge in [0.2, 0.25) is 0 Å². The lowest BCUT2D eigenvalue weighted by Crippen LogP contribution is -1.95. The average Bonchev–Trinajstić information content (AvgIpc) is 2.64. The second-order valence-electron chi connectivity index (χ2n) is 5.31. The van der Waals surface area contributed by atoms with Gasteiger partial charge in [0.15, 0.2) is 0 Å². The number of anilines is 1. The lowest BCUT2D eigenvalue weighted by molar-refractivity contribution is -0.384. The van der Waals surface area contributed by atoms with Crippen molar-refractivity contribution in [3.63, 3.8) is 0 Å². The first-order chi connectivity index (χ1) is 12.2. The summed E-state index contributed by atoms with van der Waals surface area (Å²) in [6, 6.07) is 18.0. The molecular weight excluding hydrogens is 318 g/mol. The van der Waals surface area contributed by atoms with Crippen molar-refractivity contribution in [2.45, 2.75) is 6.92 Å². The fourth-order valence-corrected chi connectivity index (χ4v) is 2.52. The Bertz CT molecular complexity index is 921. The summed E-state index contributed by atoms with van der Waals surface area (Å²) in [7, 11) is 0. The lowest BCUT2D eigenvalue weighted by atomic mass is 10.0. The average molecular weight is 335 g/mol. The van der Waals surface area contributed by atoms with Gasteiger partial charge in [-0.05, 0) is 36.6 Å². The fourth-order valence-electron chi connectivity index (χ4n) is 2.52. The van der Waals surface area contributed by atoms with Crippen LogP contribution in [0.5, 0.6) is 5.75 Å². The zero-order chi connectivity index (χ0) is 17.6. The predicted octanol–water partition coefficient (Wildman–Crippen LogP) is 4.59. The highest BCUT2D eigenvalue weighted by Crippen LogP contribution is 2.28. The largest absolute Gasteiger partial charge is 0.493 e. The molecule has 0 amide bonds. The second-order valence-corrected chi connectivity index (χ2v) is 5.31. The Hall–Kier alpha value is -3.41. The molecule has 0 saturated carbocycles. The third kappa shape index (κ3) is 3.74. The Labute approximate surface area is 144 Å². The first kappa shape index (κ1) is 16.4. The Morgan fingerprint density at radius 2 is 1.80 bits per heavy atom. The second kappa shape index (κ2) is 7.44. The van der Waals surface area contributed by atoms with Gasteiger partial charge in [-0.15, -0.1) is 0 Å². The number of nitrogens with zero attached hydrogens (tertiary/aromatic N) is 2. The molecule has 3 aromatic rings. The highest BCUT2D eigenvalue weighted by Gasteiger charge is 2.05. The van der Waals surface area contributed by atoms with E-state index >= 15 is 0 Å². The molecule has 0 bridgehead atoms. The minimum absolute atomic E-state index is 0.0482. The summed E-state index contributed by atoms with van der Waals surface area (Å²) in [5.74, 6) is 0.846. The number of ether oxygens (including phenoxy) is 1. The number of nitrogens with one attached hydrogen (secondary N) is 1. The molecule has 25 heavy (non-hydrogen) atoms. The predicted molar refractivity (Wildman–Crippen MR) is 99.4 cm³/mol. The Kier molecular flexibility index (Phi) is 4.89. The topological polar surface area (TPSA) is 76.8 Å². The monoisotopic (exact) mass is 335 g/mol. The number of hydrogen-bond donors (Lipinski definition) is 1. The summed E-state index contributed by atoms with van der Waals surface area (Å²) in [5.41, 5.74) is 4.56. The van der Waals surface area contributed by atoms with Crippen LogP contribution in [0.4, 0.5) is 11.4 Å². The molecular formula is C19H17N3O3. The number of non-ortho nitro benzene ring substituents is 1. The van der Waals surface area contributed by atoms with Crippen molar-refractivity contribution >= 4 is 28.4 Å². The number of nitro benzene ring substituents is 1. The van der Waals surface area contributed by atoms with Crippen LogP contribution in [-0.4, -0.2) is 17.7 Å². The quantitative estimate of drug-likeness (QED) is 0.406. The summed E-state index contributed by atoms with van der Waals surface area (Å²) in [5, 5.41) is 17.0. The van der Waals surface area contributed by atoms with Gasteiger partial charge in [-0.2, -0.15) is 5.10 Å². The molecule has 0 radical (unpaired) electrons. The van der Waals surface area contributed by atoms with E-state index in [0.29, 0.717) is 12.3 Å². The minimum Gasteiger partial charge on any atom is -0.493 e. The van der Waals surface area contributed by atoms with E-state index in [2.05, 4.69) is 10.5 Å². The minimum atomic E-state index is -0.431. The van der Waals surface area contributed by atoms with Crippen LogP contribution < -0.4 is 10.2 Å². The first-order valence-electron chi connectivity index (χ1n) is 7.87. The highest BCUT2D eigenvalue weighted by atomic mass is 16.6. The highest BCUT2D eigenvalue weighted by molar-refractivity contribution is 6.02. The molecule has 0 aromatic heterocycles. The number of benzene rings is 3. The molecule has 0 atom stereocenters. The van der Waals surface area contributed by atoms with E-state index in [9.17, 15) is 10.1 Å². The molecule has 0 aliphatic rings. The van der Waals surface area contributed by atoms with Crippen molar-refractivity contribution < 1.29 is 9.66 Å². The van der Waals surface area contributed by atoms with E-state index in [1.807, 2.05) is 43.3 Å². The van der Waals surface area contributed by atoms with Gasteiger partial charge in [0.25, 0.3) is 5.69 Å². The van der Waals surface area contributed by atoms with Crippen molar-refractivity contribution in [2.75, 3.05) is 12.0 Å². The van der Waals surface area contributed by atoms with Crippen LogP contribution in [0.1, 0.15) is 12.5 Å². The molecule has 3 aromatic carbocycles. The Morgan fingerprint density at radius 1 is 1.08 bits per heavy atom. The number of hydrogen-bond acceptors (Lipinski definition) is 5.